The Balaban J connectivity index is 1.51. The molecule has 0 radical (unpaired) electrons. The second-order valence-corrected chi connectivity index (χ2v) is 24.0. The minimum atomic E-state index is -1.24. The lowest BCUT2D eigenvalue weighted by Gasteiger charge is -2.55. The van der Waals surface area contributed by atoms with Gasteiger partial charge < -0.3 is 33.2 Å². The van der Waals surface area contributed by atoms with Gasteiger partial charge in [0.1, 0.15) is 51.8 Å². The smallest absolute Gasteiger partial charge is 0.425 e. The van der Waals surface area contributed by atoms with Crippen LogP contribution in [0.1, 0.15) is 132 Å². The number of nitrogens with one attached hydrogen (secondary N) is 1. The number of hydrogen-bond donors (Lipinski definition) is 1. The molecule has 4 amide bonds. The second-order valence-electron chi connectivity index (χ2n) is 24.0. The van der Waals surface area contributed by atoms with E-state index in [2.05, 4.69) is 28.5 Å². The van der Waals surface area contributed by atoms with Crippen LogP contribution in [0.4, 0.5) is 39.9 Å². The number of allylic oxidation sites excluding steroid dienone is 3. The standard InChI is InChI=1S/C57H74FN7O13/c1-19-39(58)44(20-2)73-37-21-22-41(33(3)25-37)65-47(64(51(70)77-56(13,14)15)52(71)78-57(16,17)18)38(30-59-65)46(66)43-26-34-27-45(72-24-23-61-31-35-28-36(32-61)62(35)49(68)75-54(7,8)9)40(60-48(67)74-53(4,5)6)29-42(34)63(43)50(69)76-55(10,11)12/h19-22,25-27,29-30,35-36H,1-2,23-24,28,31-32H2,3-18H3,(H,60,67)/b44-39-. The number of benzene rings is 2. The monoisotopic (exact) mass is 1080 g/mol. The maximum atomic E-state index is 15.6. The van der Waals surface area contributed by atoms with Gasteiger partial charge in [0.25, 0.3) is 0 Å². The lowest BCUT2D eigenvalue weighted by atomic mass is 9.88. The Morgan fingerprint density at radius 3 is 1.83 bits per heavy atom. The van der Waals surface area contributed by atoms with Crippen molar-refractivity contribution in [2.75, 3.05) is 36.5 Å². The summed E-state index contributed by atoms with van der Waals surface area (Å²) in [5, 5.41) is 7.60. The molecule has 0 aliphatic carbocycles. The average Bonchev–Trinajstić information content (AvgIpc) is 3.88. The lowest BCUT2D eigenvalue weighted by Crippen LogP contribution is -2.70. The SMILES string of the molecule is C=C/C(F)=C(\C=C)Oc1ccc(-n2ncc(C(=O)c3cc4cc(OCCN5CC6CC(C5)N6C(=O)OC(C)(C)C)c(NC(=O)OC(C)(C)C)cc4n3C(=O)OC(C)(C)C)c2N(C(=O)OC(C)(C)C)C(=O)OC(C)(C)C)c(C)c1. The largest absolute Gasteiger partial charge is 0.490 e. The number of aromatic nitrogens is 3. The Kier molecular flexibility index (Phi) is 17.1. The molecule has 2 aromatic carbocycles. The Bertz CT molecular complexity index is 3010. The van der Waals surface area contributed by atoms with Crippen molar-refractivity contribution in [1.82, 2.24) is 24.1 Å². The van der Waals surface area contributed by atoms with E-state index in [1.807, 2.05) is 20.8 Å². The second kappa shape index (κ2) is 22.4. The van der Waals surface area contributed by atoms with E-state index < -0.39 is 69.8 Å². The predicted molar refractivity (Wildman–Crippen MR) is 291 cm³/mol. The topological polar surface area (TPSA) is 212 Å². The van der Waals surface area contributed by atoms with Crippen molar-refractivity contribution in [1.29, 1.82) is 0 Å². The molecule has 3 aliphatic heterocycles. The van der Waals surface area contributed by atoms with Crippen LogP contribution in [-0.4, -0.2) is 127 Å². The summed E-state index contributed by atoms with van der Waals surface area (Å²) in [5.74, 6) is -2.01. The molecule has 2 unspecified atom stereocenters. The maximum Gasteiger partial charge on any atom is 0.425 e. The Morgan fingerprint density at radius 2 is 1.31 bits per heavy atom. The third kappa shape index (κ3) is 14.7. The number of imide groups is 1. The van der Waals surface area contributed by atoms with Gasteiger partial charge in [-0.1, -0.05) is 13.2 Å². The number of piperazine rings is 1. The van der Waals surface area contributed by atoms with Crippen LogP contribution in [0.5, 0.6) is 11.5 Å². The van der Waals surface area contributed by atoms with Crippen LogP contribution in [0.3, 0.4) is 0 Å². The van der Waals surface area contributed by atoms with Crippen molar-refractivity contribution in [3.63, 3.8) is 0 Å². The van der Waals surface area contributed by atoms with Crippen molar-refractivity contribution in [3.05, 3.63) is 96.3 Å². The van der Waals surface area contributed by atoms with Gasteiger partial charge in [-0.2, -0.15) is 10.00 Å². The van der Waals surface area contributed by atoms with Gasteiger partial charge in [0.05, 0.1) is 40.7 Å². The molecule has 3 aliphatic rings. The zero-order valence-corrected chi connectivity index (χ0v) is 47.7. The van der Waals surface area contributed by atoms with Gasteiger partial charge >= 0.3 is 30.5 Å². The molecule has 21 heteroatoms. The number of rotatable bonds is 13. The van der Waals surface area contributed by atoms with E-state index in [1.165, 1.54) is 36.4 Å². The van der Waals surface area contributed by atoms with E-state index in [0.29, 0.717) is 30.1 Å². The molecule has 2 atom stereocenters. The van der Waals surface area contributed by atoms with E-state index in [0.717, 1.165) is 27.9 Å². The summed E-state index contributed by atoms with van der Waals surface area (Å²) in [5.41, 5.74) is -4.89. The average molecular weight is 1080 g/mol. The highest BCUT2D eigenvalue weighted by atomic mass is 19.1. The molecule has 2 bridgehead atoms. The first-order chi connectivity index (χ1) is 36.0. The number of amides is 4. The molecular formula is C57H74FN7O13. The molecule has 4 aromatic rings. The van der Waals surface area contributed by atoms with Crippen LogP contribution in [-0.2, 0) is 23.7 Å². The number of hydrogen-bond acceptors (Lipinski definition) is 15. The molecule has 0 spiro atoms. The van der Waals surface area contributed by atoms with Gasteiger partial charge in [-0.3, -0.25) is 19.9 Å². The highest BCUT2D eigenvalue weighted by molar-refractivity contribution is 6.20. The van der Waals surface area contributed by atoms with Crippen molar-refractivity contribution < 1.29 is 66.3 Å². The molecule has 78 heavy (non-hydrogen) atoms. The maximum absolute atomic E-state index is 15.6. The zero-order chi connectivity index (χ0) is 58.2. The number of halogens is 1. The first-order valence-corrected chi connectivity index (χ1v) is 25.6. The van der Waals surface area contributed by atoms with Gasteiger partial charge in [0, 0.05) is 25.0 Å². The van der Waals surface area contributed by atoms with Crippen LogP contribution < -0.4 is 19.7 Å². The fourth-order valence-corrected chi connectivity index (χ4v) is 8.55. The Morgan fingerprint density at radius 1 is 0.744 bits per heavy atom. The van der Waals surface area contributed by atoms with E-state index in [-0.39, 0.29) is 75.6 Å². The molecule has 3 fully saturated rings. The predicted octanol–water partition coefficient (Wildman–Crippen LogP) is 12.2. The molecule has 20 nitrogen and oxygen atoms in total. The fourth-order valence-electron chi connectivity index (χ4n) is 8.55. The summed E-state index contributed by atoms with van der Waals surface area (Å²) in [7, 11) is 0. The minimum absolute atomic E-state index is 0.0248. The summed E-state index contributed by atoms with van der Waals surface area (Å²) < 4.78 is 57.7. The van der Waals surface area contributed by atoms with Crippen LogP contribution in [0.25, 0.3) is 16.6 Å². The molecule has 3 saturated heterocycles. The Hall–Kier alpha value is -7.68. The number of aryl methyl sites for hydroxylation is 1. The summed E-state index contributed by atoms with van der Waals surface area (Å²) in [6, 6.07) is 8.87. The van der Waals surface area contributed by atoms with Gasteiger partial charge in [0.2, 0.25) is 5.78 Å². The van der Waals surface area contributed by atoms with Crippen LogP contribution in [0, 0.1) is 6.92 Å². The summed E-state index contributed by atoms with van der Waals surface area (Å²) in [6.07, 6.45) is -0.538. The van der Waals surface area contributed by atoms with Gasteiger partial charge in [-0.05, 0) is 171 Å². The third-order valence-electron chi connectivity index (χ3n) is 11.5. The van der Waals surface area contributed by atoms with Gasteiger partial charge in [-0.25, -0.2) is 37.6 Å². The number of piperidine rings is 1. The number of anilines is 2. The van der Waals surface area contributed by atoms with E-state index in [9.17, 15) is 28.4 Å². The van der Waals surface area contributed by atoms with Crippen molar-refractivity contribution in [3.8, 4) is 17.2 Å². The zero-order valence-electron chi connectivity index (χ0n) is 47.7. The van der Waals surface area contributed by atoms with Gasteiger partial charge in [-0.15, -0.1) is 0 Å². The van der Waals surface area contributed by atoms with Crippen LogP contribution in [0.15, 0.2) is 79.5 Å². The molecule has 0 saturated carbocycles. The molecule has 422 valence electrons. The number of ether oxygens (including phenoxy) is 7. The van der Waals surface area contributed by atoms with Crippen LogP contribution >= 0.6 is 0 Å². The highest BCUT2D eigenvalue weighted by Gasteiger charge is 2.49. The van der Waals surface area contributed by atoms with E-state index in [1.54, 1.807) is 101 Å². The van der Waals surface area contributed by atoms with Gasteiger partial charge in [0.15, 0.2) is 17.4 Å². The first-order valence-electron chi connectivity index (χ1n) is 25.6. The molecule has 2 aromatic heterocycles. The Labute approximate surface area is 455 Å². The van der Waals surface area contributed by atoms with E-state index in [4.69, 9.17) is 33.2 Å². The molecule has 7 rings (SSSR count). The molecule has 1 N–H and O–H groups in total. The number of nitrogens with zero attached hydrogens (tertiary/aromatic N) is 6. The number of ketones is 1. The van der Waals surface area contributed by atoms with Crippen molar-refractivity contribution in [2.45, 2.75) is 157 Å². The lowest BCUT2D eigenvalue weighted by molar-refractivity contribution is -0.0777. The summed E-state index contributed by atoms with van der Waals surface area (Å²) >= 11 is 0. The molecule has 5 heterocycles. The number of carbonyl (C=O) groups is 6. The minimum Gasteiger partial charge on any atom is -0.490 e. The quantitative estimate of drug-likeness (QED) is 0.0571. The number of fused-ring (bicyclic) bond motifs is 3. The van der Waals surface area contributed by atoms with Crippen molar-refractivity contribution >= 4 is 58.7 Å². The van der Waals surface area contributed by atoms with Crippen molar-refractivity contribution in [2.24, 2.45) is 0 Å². The summed E-state index contributed by atoms with van der Waals surface area (Å²) in [4.78, 5) is 90.2. The normalized spacial score (nSPS) is 16.2. The third-order valence-corrected chi connectivity index (χ3v) is 11.5. The highest BCUT2D eigenvalue weighted by Crippen LogP contribution is 2.38. The first kappa shape index (κ1) is 59.6. The van der Waals surface area contributed by atoms with E-state index >= 15 is 4.79 Å². The number of carbonyl (C=O) groups excluding carboxylic acids is 6. The fraction of sp³-hybridized carbons (Fsp3) is 0.491. The molecular weight excluding hydrogens is 1010 g/mol. The summed E-state index contributed by atoms with van der Waals surface area (Å²) in [6.45, 7) is 35.5. The van der Waals surface area contributed by atoms with Crippen LogP contribution in [0.2, 0.25) is 0 Å².